The van der Waals surface area contributed by atoms with Crippen LogP contribution < -0.4 is 71.9 Å². The summed E-state index contributed by atoms with van der Waals surface area (Å²) in [6.45, 7) is 6.70. The number of amides is 4. The lowest BCUT2D eigenvalue weighted by Gasteiger charge is -2.36. The van der Waals surface area contributed by atoms with Crippen molar-refractivity contribution in [3.63, 3.8) is 0 Å². The van der Waals surface area contributed by atoms with Gasteiger partial charge < -0.3 is 138 Å². The fourth-order valence-electron chi connectivity index (χ4n) is 12.5. The zero-order valence-corrected chi connectivity index (χ0v) is 71.8. The summed E-state index contributed by atoms with van der Waals surface area (Å²) < 4.78 is 123. The van der Waals surface area contributed by atoms with Crippen molar-refractivity contribution >= 4 is 116 Å². The van der Waals surface area contributed by atoms with Crippen LogP contribution in [0.4, 0.5) is 11.6 Å². The highest BCUT2D eigenvalue weighted by atomic mass is 31.3. The number of nitrogens with two attached hydrogens (primary N) is 2. The second-order valence-corrected chi connectivity index (χ2v) is 39.1. The number of aromatic nitrogens is 8. The SMILES string of the molecule is CC(C)(CCCCCCc1cccc(CCCCC(C)(C)C(=O)CCNC(=O)CCNC(=O)C(O)C(C)(C)COP(=O)([O-])OP(=O)([O-])OCC2OC(n3cnc4c(N)ncnc43)C(O)C2OP(=O)([O-])[O-])c1)C(=O)CCNC(=O)CCNC(=O)C(O)C(C)(C)COP(=O)([O-])OP(=O)([O-])OCC1OC(n2cnc3c(N)ncnc32)C(O)C1OP(=O)([O-])[O-]. The van der Waals surface area contributed by atoms with Gasteiger partial charge in [0.05, 0.1) is 54.7 Å². The number of benzene rings is 1. The van der Waals surface area contributed by atoms with Crippen LogP contribution in [0.3, 0.4) is 0 Å². The van der Waals surface area contributed by atoms with E-state index in [1.54, 1.807) is 0 Å². The number of imidazole rings is 2. The maximum atomic E-state index is 13.3. The standard InChI is InChI=1S/C66H106N14O34P6/c1-63(2,43(81)20-26-69-45(83)22-28-71-59(89)53(87)65(5,6)33-107-119(101,102)113-117(97,98)105-31-41-51(111-115(91,92)93)49(85)61(109-41)79-37-77-47-55(67)73-35-75-57(47)79)24-13-10-9-11-16-39-18-15-19-40(30-39)17-12-14-25-64(3,4)44(82)21-27-70-46(84)23-29-72-60(90)54(88)66(7,8)34-108-120(103,104)114-118(99,100)106-32-42-52(112-116(94,95)96)50(86)62(110-42)80-38-78-48-56(68)74-36-76-58(48)80/h15,18-19,30,35-38,41-42,49-54,61-62,85-88H,9-14,16-17,20-29,31-34H2,1-8H3,(H,69,83)(H,70,84)(H,71,89)(H,72,90)(H,97,98)(H,99,100)(H,101,102)(H,103,104)(H2,67,73,75)(H2,68,74,76)(H2,91,92,93)(H2,94,95,96)/p-8. The number of fused-ring (bicyclic) bond motifs is 2. The van der Waals surface area contributed by atoms with E-state index < -0.39 is 180 Å². The van der Waals surface area contributed by atoms with Gasteiger partial charge in [0.25, 0.3) is 31.3 Å². The average molecular weight is 1820 g/mol. The molecule has 14 unspecified atom stereocenters. The quantitative estimate of drug-likeness (QED) is 0.0144. The summed E-state index contributed by atoms with van der Waals surface area (Å²) in [5.41, 5.74) is 8.90. The summed E-state index contributed by atoms with van der Waals surface area (Å²) >= 11 is 0. The minimum absolute atomic E-state index is 0.000530. The summed E-state index contributed by atoms with van der Waals surface area (Å²) in [5.74, 6) is -3.58. The number of Topliss-reactive ketones (excluding diaryl/α,β-unsaturated/α-hetero) is 2. The number of ketones is 2. The molecule has 674 valence electrons. The van der Waals surface area contributed by atoms with Crippen LogP contribution in [0.1, 0.15) is 156 Å². The van der Waals surface area contributed by atoms with E-state index in [-0.39, 0.29) is 97.4 Å². The van der Waals surface area contributed by atoms with Gasteiger partial charge in [-0.1, -0.05) is 105 Å². The van der Waals surface area contributed by atoms with Gasteiger partial charge in [-0.25, -0.2) is 38.5 Å². The molecule has 2 aliphatic heterocycles. The molecule has 0 saturated carbocycles. The van der Waals surface area contributed by atoms with Crippen molar-refractivity contribution in [3.8, 4) is 0 Å². The lowest BCUT2D eigenvalue weighted by atomic mass is 9.81. The molecule has 4 amide bonds. The van der Waals surface area contributed by atoms with Crippen molar-refractivity contribution in [2.24, 2.45) is 21.7 Å². The first-order chi connectivity index (χ1) is 55.6. The molecule has 12 N–H and O–H groups in total. The summed E-state index contributed by atoms with van der Waals surface area (Å²) in [7, 11) is -35.6. The van der Waals surface area contributed by atoms with E-state index >= 15 is 0 Å². The average Bonchev–Trinajstić information content (AvgIpc) is 1.62. The number of hydrogen-bond donors (Lipinski definition) is 10. The number of anilines is 2. The van der Waals surface area contributed by atoms with E-state index in [0.717, 1.165) is 91.4 Å². The molecule has 54 heteroatoms. The summed E-state index contributed by atoms with van der Waals surface area (Å²) in [4.78, 5) is 198. The minimum atomic E-state index is -5.99. The number of unbranched alkanes of at least 4 members (excludes halogenated alkanes) is 4. The number of aliphatic hydroxyl groups excluding tert-OH is 4. The van der Waals surface area contributed by atoms with E-state index in [0.29, 0.717) is 12.8 Å². The molecule has 1 aromatic carbocycles. The number of nitrogen functional groups attached to an aromatic ring is 2. The van der Waals surface area contributed by atoms with Gasteiger partial charge in [-0.3, -0.25) is 56.2 Å². The lowest BCUT2D eigenvalue weighted by molar-refractivity contribution is -0.348. The molecule has 0 aliphatic carbocycles. The summed E-state index contributed by atoms with van der Waals surface area (Å²) in [5, 5.41) is 53.3. The number of nitrogens with zero attached hydrogens (tertiary/aromatic N) is 8. The first kappa shape index (κ1) is 101. The predicted molar refractivity (Wildman–Crippen MR) is 399 cm³/mol. The topological polar surface area (TPSA) is 750 Å². The number of phosphoric ester groups is 6. The third kappa shape index (κ3) is 30.5. The molecule has 0 bridgehead atoms. The Morgan fingerprint density at radius 1 is 0.500 bits per heavy atom. The predicted octanol–water partition coefficient (Wildman–Crippen LogP) is -2.36. The number of phosphoric acid groups is 6. The highest BCUT2D eigenvalue weighted by Gasteiger charge is 2.50. The number of carbonyl (C=O) groups is 6. The van der Waals surface area contributed by atoms with Crippen LogP contribution in [0.5, 0.6) is 0 Å². The van der Waals surface area contributed by atoms with Crippen LogP contribution in [0.25, 0.3) is 22.3 Å². The fraction of sp³-hybridized carbons (Fsp3) is 0.667. The fourth-order valence-corrected chi connectivity index (χ4v) is 18.0. The van der Waals surface area contributed by atoms with Gasteiger partial charge in [-0.05, 0) is 49.7 Å². The number of aryl methyl sites for hydroxylation is 2. The van der Waals surface area contributed by atoms with Crippen molar-refractivity contribution in [1.82, 2.24) is 60.3 Å². The summed E-state index contributed by atoms with van der Waals surface area (Å²) in [6, 6.07) is 8.27. The van der Waals surface area contributed by atoms with Crippen LogP contribution in [0.2, 0.25) is 0 Å². The van der Waals surface area contributed by atoms with Crippen molar-refractivity contribution in [3.05, 3.63) is 60.7 Å². The van der Waals surface area contributed by atoms with Crippen LogP contribution in [0.15, 0.2) is 49.6 Å². The van der Waals surface area contributed by atoms with Crippen LogP contribution in [0, 0.1) is 21.7 Å². The highest BCUT2D eigenvalue weighted by Crippen LogP contribution is 2.58. The molecule has 5 aromatic rings. The monoisotopic (exact) mass is 1820 g/mol. The summed E-state index contributed by atoms with van der Waals surface area (Å²) in [6.07, 6.45) is -7.98. The van der Waals surface area contributed by atoms with E-state index in [4.69, 9.17) is 20.9 Å². The van der Waals surface area contributed by atoms with Crippen LogP contribution in [-0.2, 0) is 114 Å². The van der Waals surface area contributed by atoms with Crippen molar-refractivity contribution < 1.29 is 161 Å². The maximum absolute atomic E-state index is 13.3. The van der Waals surface area contributed by atoms with Crippen molar-refractivity contribution in [1.29, 1.82) is 0 Å². The van der Waals surface area contributed by atoms with E-state index in [2.05, 4.69) is 99.1 Å². The van der Waals surface area contributed by atoms with Gasteiger partial charge >= 0.3 is 0 Å². The zero-order chi connectivity index (χ0) is 89.4. The Morgan fingerprint density at radius 2 is 0.850 bits per heavy atom. The third-order valence-corrected chi connectivity index (χ3v) is 25.5. The van der Waals surface area contributed by atoms with Gasteiger partial charge in [0, 0.05) is 73.5 Å². The molecular formula is C66H98N14O34P6-8. The lowest BCUT2D eigenvalue weighted by Crippen LogP contribution is -2.46. The molecule has 2 fully saturated rings. The van der Waals surface area contributed by atoms with Crippen molar-refractivity contribution in [2.75, 3.05) is 64.1 Å². The van der Waals surface area contributed by atoms with Gasteiger partial charge in [0.15, 0.2) is 35.4 Å². The Morgan fingerprint density at radius 3 is 1.23 bits per heavy atom. The molecule has 0 radical (unpaired) electrons. The third-order valence-electron chi connectivity index (χ3n) is 19.5. The Balaban J connectivity index is 0.694. The number of carbonyl (C=O) groups excluding carboxylic acids is 6. The largest absolute Gasteiger partial charge is 0.790 e. The molecule has 6 heterocycles. The Kier molecular flexibility index (Phi) is 35.7. The van der Waals surface area contributed by atoms with E-state index in [1.807, 2.05) is 39.8 Å². The number of ether oxygens (including phenoxy) is 2. The van der Waals surface area contributed by atoms with Crippen molar-refractivity contribution in [2.45, 2.75) is 207 Å². The maximum Gasteiger partial charge on any atom is 0.274 e. The van der Waals surface area contributed by atoms with Gasteiger partial charge in [-0.2, -0.15) is 0 Å². The smallest absolute Gasteiger partial charge is 0.274 e. The van der Waals surface area contributed by atoms with Gasteiger partial charge in [-0.15, -0.1) is 0 Å². The molecule has 2 saturated heterocycles. The second-order valence-electron chi connectivity index (χ2n) is 31.0. The molecular weight excluding hydrogens is 1720 g/mol. The van der Waals surface area contributed by atoms with Crippen LogP contribution in [-0.4, -0.2) is 196 Å². The Hall–Kier alpha value is -6.36. The number of aliphatic hydroxyl groups is 4. The number of hydrogen-bond acceptors (Lipinski definition) is 42. The normalized spacial score (nSPS) is 21.4. The number of rotatable bonds is 52. The molecule has 7 rings (SSSR count). The molecule has 48 nitrogen and oxygen atoms in total. The second kappa shape index (κ2) is 42.6. The van der Waals surface area contributed by atoms with E-state index in [1.165, 1.54) is 33.3 Å². The first-order valence-electron chi connectivity index (χ1n) is 37.4. The molecule has 4 aromatic heterocycles. The zero-order valence-electron chi connectivity index (χ0n) is 66.4. The molecule has 0 spiro atoms. The molecule has 14 atom stereocenters. The molecule has 2 aliphatic rings. The van der Waals surface area contributed by atoms with E-state index in [9.17, 15) is 116 Å². The van der Waals surface area contributed by atoms with Crippen LogP contribution >= 0.6 is 46.9 Å². The Labute approximate surface area is 687 Å². The molecule has 120 heavy (non-hydrogen) atoms. The minimum Gasteiger partial charge on any atom is -0.790 e. The van der Waals surface area contributed by atoms with Gasteiger partial charge in [0.1, 0.15) is 84.1 Å². The number of nitrogens with one attached hydrogen (secondary N) is 4. The first-order valence-corrected chi connectivity index (χ1v) is 46.2. The highest BCUT2D eigenvalue weighted by molar-refractivity contribution is 7.60. The Bertz CT molecular complexity index is 4680. The van der Waals surface area contributed by atoms with Gasteiger partial charge in [0.2, 0.25) is 23.6 Å².